The first-order valence-corrected chi connectivity index (χ1v) is 7.54. The number of amides is 1. The number of hydrogen-bond donors (Lipinski definition) is 1. The van der Waals surface area contributed by atoms with Crippen molar-refractivity contribution in [2.45, 2.75) is 20.5 Å². The second-order valence-corrected chi connectivity index (χ2v) is 5.28. The maximum atomic E-state index is 12.0. The van der Waals surface area contributed by atoms with Gasteiger partial charge in [0.1, 0.15) is 13.7 Å². The zero-order valence-electron chi connectivity index (χ0n) is 14.3. The molecule has 1 heterocycles. The largest absolute Gasteiger partial charge is 0.473 e. The molecule has 0 aliphatic rings. The molecule has 1 amide bonds. The molecule has 1 N–H and O–H groups in total. The van der Waals surface area contributed by atoms with E-state index in [4.69, 9.17) is 9.57 Å². The summed E-state index contributed by atoms with van der Waals surface area (Å²) in [5.41, 5.74) is 3.72. The van der Waals surface area contributed by atoms with Crippen molar-refractivity contribution in [1.82, 2.24) is 10.3 Å². The number of ether oxygens (including phenoxy) is 1. The van der Waals surface area contributed by atoms with E-state index in [1.165, 1.54) is 7.11 Å². The quantitative estimate of drug-likeness (QED) is 0.653. The Bertz CT molecular complexity index is 757. The fourth-order valence-electron chi connectivity index (χ4n) is 2.30. The molecule has 0 unspecified atom stereocenters. The Balaban J connectivity index is 2.28. The van der Waals surface area contributed by atoms with Crippen LogP contribution in [-0.4, -0.2) is 30.8 Å². The summed E-state index contributed by atoms with van der Waals surface area (Å²) in [7, 11) is 2.95. The molecule has 6 nitrogen and oxygen atoms in total. The van der Waals surface area contributed by atoms with Gasteiger partial charge in [-0.15, -0.1) is 0 Å². The number of carbonyl (C=O) groups is 1. The first-order chi connectivity index (χ1) is 11.6. The molecule has 0 spiro atoms. The van der Waals surface area contributed by atoms with E-state index >= 15 is 0 Å². The van der Waals surface area contributed by atoms with Crippen molar-refractivity contribution in [2.24, 2.45) is 5.16 Å². The highest BCUT2D eigenvalue weighted by Crippen LogP contribution is 2.18. The fourth-order valence-corrected chi connectivity index (χ4v) is 2.30. The molecule has 1 aromatic heterocycles. The van der Waals surface area contributed by atoms with E-state index < -0.39 is 0 Å². The van der Waals surface area contributed by atoms with Gasteiger partial charge in [-0.2, -0.15) is 0 Å². The summed E-state index contributed by atoms with van der Waals surface area (Å²) in [5.74, 6) is 0.245. The van der Waals surface area contributed by atoms with Crippen molar-refractivity contribution >= 4 is 11.6 Å². The molecule has 0 radical (unpaired) electrons. The van der Waals surface area contributed by atoms with Crippen LogP contribution in [0.3, 0.4) is 0 Å². The molecule has 0 fully saturated rings. The number of likely N-dealkylation sites (N-methyl/N-ethyl adjacent to an activating group) is 1. The Morgan fingerprint density at radius 1 is 1.29 bits per heavy atom. The van der Waals surface area contributed by atoms with Gasteiger partial charge in [0, 0.05) is 24.4 Å². The summed E-state index contributed by atoms with van der Waals surface area (Å²) < 4.78 is 5.82. The van der Waals surface area contributed by atoms with E-state index in [2.05, 4.69) is 15.5 Å². The van der Waals surface area contributed by atoms with Crippen LogP contribution in [0.4, 0.5) is 0 Å². The number of aryl methyl sites for hydroxylation is 2. The van der Waals surface area contributed by atoms with Crippen molar-refractivity contribution in [3.63, 3.8) is 0 Å². The van der Waals surface area contributed by atoms with Gasteiger partial charge in [-0.25, -0.2) is 4.98 Å². The third-order valence-corrected chi connectivity index (χ3v) is 3.43. The third kappa shape index (κ3) is 4.10. The Labute approximate surface area is 141 Å². The number of carbonyl (C=O) groups excluding carboxylic acids is 1. The lowest BCUT2D eigenvalue weighted by atomic mass is 10.0. The van der Waals surface area contributed by atoms with Gasteiger partial charge < -0.3 is 14.9 Å². The van der Waals surface area contributed by atoms with Crippen LogP contribution in [0.25, 0.3) is 0 Å². The molecular weight excluding hydrogens is 306 g/mol. The van der Waals surface area contributed by atoms with Crippen molar-refractivity contribution < 1.29 is 14.4 Å². The molecule has 6 heteroatoms. The second kappa shape index (κ2) is 8.10. The summed E-state index contributed by atoms with van der Waals surface area (Å²) in [6.45, 7) is 4.20. The van der Waals surface area contributed by atoms with E-state index in [0.717, 1.165) is 16.7 Å². The average molecular weight is 327 g/mol. The Morgan fingerprint density at radius 3 is 2.71 bits per heavy atom. The predicted molar refractivity (Wildman–Crippen MR) is 92.1 cm³/mol. The van der Waals surface area contributed by atoms with Gasteiger partial charge in [0.15, 0.2) is 5.71 Å². The average Bonchev–Trinajstić information content (AvgIpc) is 2.59. The molecule has 2 rings (SSSR count). The van der Waals surface area contributed by atoms with Crippen molar-refractivity contribution in [3.05, 3.63) is 58.8 Å². The SMILES string of the molecule is CNC(=O)/C(=N\OC)c1ccccc1COc1ncc(C)cc1C. The highest BCUT2D eigenvalue weighted by atomic mass is 16.6. The summed E-state index contributed by atoms with van der Waals surface area (Å²) in [6.07, 6.45) is 1.76. The third-order valence-electron chi connectivity index (χ3n) is 3.43. The molecule has 24 heavy (non-hydrogen) atoms. The van der Waals surface area contributed by atoms with E-state index in [9.17, 15) is 4.79 Å². The number of nitrogens with zero attached hydrogens (tertiary/aromatic N) is 2. The van der Waals surface area contributed by atoms with Crippen LogP contribution in [-0.2, 0) is 16.2 Å². The zero-order valence-corrected chi connectivity index (χ0v) is 14.3. The lowest BCUT2D eigenvalue weighted by Gasteiger charge is -2.13. The van der Waals surface area contributed by atoms with Crippen LogP contribution in [0.1, 0.15) is 22.3 Å². The monoisotopic (exact) mass is 327 g/mol. The minimum atomic E-state index is -0.325. The first kappa shape index (κ1) is 17.5. The van der Waals surface area contributed by atoms with Crippen LogP contribution in [0.15, 0.2) is 41.7 Å². The van der Waals surface area contributed by atoms with Gasteiger partial charge in [0.2, 0.25) is 5.88 Å². The smallest absolute Gasteiger partial charge is 0.273 e. The van der Waals surface area contributed by atoms with Crippen LogP contribution in [0.2, 0.25) is 0 Å². The molecule has 2 aromatic rings. The van der Waals surface area contributed by atoms with Gasteiger partial charge >= 0.3 is 0 Å². The number of benzene rings is 1. The van der Waals surface area contributed by atoms with Crippen molar-refractivity contribution in [2.75, 3.05) is 14.2 Å². The van der Waals surface area contributed by atoms with Gasteiger partial charge in [0.05, 0.1) is 0 Å². The molecule has 0 aliphatic carbocycles. The van der Waals surface area contributed by atoms with Crippen LogP contribution in [0, 0.1) is 13.8 Å². The highest BCUT2D eigenvalue weighted by molar-refractivity contribution is 6.45. The standard InChI is InChI=1S/C18H21N3O3/c1-12-9-13(2)18(20-10-12)24-11-14-7-5-6-8-15(14)16(21-23-4)17(22)19-3/h5-10H,11H2,1-4H3,(H,19,22)/b21-16-. The molecule has 0 saturated carbocycles. The van der Waals surface area contributed by atoms with Crippen molar-refractivity contribution in [1.29, 1.82) is 0 Å². The Kier molecular flexibility index (Phi) is 5.89. The Hall–Kier alpha value is -2.89. The minimum Gasteiger partial charge on any atom is -0.473 e. The molecule has 1 aromatic carbocycles. The second-order valence-electron chi connectivity index (χ2n) is 5.28. The normalized spacial score (nSPS) is 11.1. The molecular formula is C18H21N3O3. The summed E-state index contributed by atoms with van der Waals surface area (Å²) in [6, 6.07) is 9.42. The first-order valence-electron chi connectivity index (χ1n) is 7.54. The minimum absolute atomic E-state index is 0.202. The van der Waals surface area contributed by atoms with Crippen LogP contribution >= 0.6 is 0 Å². The number of hydrogen-bond acceptors (Lipinski definition) is 5. The summed E-state index contributed by atoms with van der Waals surface area (Å²) in [5, 5.41) is 6.41. The molecule has 0 saturated heterocycles. The number of pyridine rings is 1. The number of oxime groups is 1. The van der Waals surface area contributed by atoms with E-state index in [-0.39, 0.29) is 18.2 Å². The number of aromatic nitrogens is 1. The van der Waals surface area contributed by atoms with Crippen LogP contribution in [0.5, 0.6) is 5.88 Å². The molecule has 0 atom stereocenters. The van der Waals surface area contributed by atoms with E-state index in [0.29, 0.717) is 11.4 Å². The van der Waals surface area contributed by atoms with Gasteiger partial charge in [-0.1, -0.05) is 29.4 Å². The summed E-state index contributed by atoms with van der Waals surface area (Å²) >= 11 is 0. The van der Waals surface area contributed by atoms with Crippen LogP contribution < -0.4 is 10.1 Å². The molecule has 126 valence electrons. The highest BCUT2D eigenvalue weighted by Gasteiger charge is 2.17. The van der Waals surface area contributed by atoms with Gasteiger partial charge in [-0.05, 0) is 31.0 Å². The maximum absolute atomic E-state index is 12.0. The zero-order chi connectivity index (χ0) is 17.5. The Morgan fingerprint density at radius 2 is 2.04 bits per heavy atom. The fraction of sp³-hybridized carbons (Fsp3) is 0.278. The lowest BCUT2D eigenvalue weighted by Crippen LogP contribution is -2.29. The molecule has 0 aliphatic heterocycles. The number of nitrogens with one attached hydrogen (secondary N) is 1. The van der Waals surface area contributed by atoms with E-state index in [1.54, 1.807) is 19.3 Å². The molecule has 0 bridgehead atoms. The maximum Gasteiger partial charge on any atom is 0.273 e. The van der Waals surface area contributed by atoms with Gasteiger partial charge in [-0.3, -0.25) is 4.79 Å². The predicted octanol–water partition coefficient (Wildman–Crippen LogP) is 2.37. The number of rotatable bonds is 6. The van der Waals surface area contributed by atoms with Crippen molar-refractivity contribution in [3.8, 4) is 5.88 Å². The summed E-state index contributed by atoms with van der Waals surface area (Å²) in [4.78, 5) is 21.1. The van der Waals surface area contributed by atoms with Gasteiger partial charge in [0.25, 0.3) is 5.91 Å². The van der Waals surface area contributed by atoms with E-state index in [1.807, 2.05) is 38.1 Å². The topological polar surface area (TPSA) is 72.8 Å². The lowest BCUT2D eigenvalue weighted by molar-refractivity contribution is -0.114.